The van der Waals surface area contributed by atoms with E-state index in [-0.39, 0.29) is 13.2 Å². The van der Waals surface area contributed by atoms with Gasteiger partial charge in [-0.1, -0.05) is 36.4 Å². The van der Waals surface area contributed by atoms with Gasteiger partial charge in [-0.05, 0) is 36.4 Å². The number of aromatic carboxylic acids is 1. The molecular weight excluding hydrogens is 414 g/mol. The number of carboxylic acid groups (broad SMARTS) is 1. The van der Waals surface area contributed by atoms with E-state index in [0.29, 0.717) is 22.7 Å². The number of nitrogens with one attached hydrogen (secondary N) is 1. The van der Waals surface area contributed by atoms with Gasteiger partial charge in [0.1, 0.15) is 30.5 Å². The van der Waals surface area contributed by atoms with Crippen LogP contribution in [0.5, 0.6) is 17.2 Å². The van der Waals surface area contributed by atoms with Crippen LogP contribution in [0, 0.1) is 0 Å². The van der Waals surface area contributed by atoms with E-state index in [2.05, 4.69) is 5.32 Å². The van der Waals surface area contributed by atoms with Crippen molar-refractivity contribution in [2.45, 2.75) is 0 Å². The van der Waals surface area contributed by atoms with Gasteiger partial charge in [-0.2, -0.15) is 0 Å². The molecule has 0 saturated carbocycles. The summed E-state index contributed by atoms with van der Waals surface area (Å²) in [5, 5.41) is 11.0. The van der Waals surface area contributed by atoms with Crippen LogP contribution in [-0.2, 0) is 4.74 Å². The van der Waals surface area contributed by atoms with Crippen LogP contribution in [0.25, 0.3) is 0 Å². The van der Waals surface area contributed by atoms with Crippen LogP contribution >= 0.6 is 0 Å². The maximum absolute atomic E-state index is 11.8. The minimum absolute atomic E-state index is 0.138. The molecule has 0 unspecified atom stereocenters. The Bertz CT molecular complexity index is 978. The highest BCUT2D eigenvalue weighted by atomic mass is 16.6. The second kappa shape index (κ2) is 13.2. The molecule has 0 atom stereocenters. The van der Waals surface area contributed by atoms with Crippen molar-refractivity contribution < 1.29 is 33.6 Å². The molecule has 0 saturated heterocycles. The van der Waals surface area contributed by atoms with Gasteiger partial charge in [-0.15, -0.1) is 0 Å². The maximum Gasteiger partial charge on any atom is 0.411 e. The maximum atomic E-state index is 11.8. The Kier molecular flexibility index (Phi) is 9.91. The van der Waals surface area contributed by atoms with Crippen LogP contribution in [0.3, 0.4) is 0 Å². The Hall–Kier alpha value is -4.20. The number of carboxylic acids is 1. The average Bonchev–Trinajstić information content (AvgIpc) is 2.83. The quantitative estimate of drug-likeness (QED) is 0.490. The Morgan fingerprint density at radius 2 is 1.47 bits per heavy atom. The Balaban J connectivity index is 0.000000336. The zero-order valence-corrected chi connectivity index (χ0v) is 17.8. The van der Waals surface area contributed by atoms with E-state index in [0.717, 1.165) is 5.75 Å². The Morgan fingerprint density at radius 1 is 0.812 bits per heavy atom. The number of benzene rings is 3. The number of ether oxygens (including phenoxy) is 4. The van der Waals surface area contributed by atoms with Crippen molar-refractivity contribution in [3.63, 3.8) is 0 Å². The summed E-state index contributed by atoms with van der Waals surface area (Å²) in [5.41, 5.74) is 0.833. The van der Waals surface area contributed by atoms with Crippen LogP contribution < -0.4 is 19.5 Å². The summed E-state index contributed by atoms with van der Waals surface area (Å²) in [6.07, 6.45) is -0.579. The Labute approximate surface area is 186 Å². The zero-order valence-electron chi connectivity index (χ0n) is 17.8. The number of rotatable bonds is 8. The standard InChI is InChI=1S/C17H19NO5.C7H6O2/c1-20-14-8-9-15(16(12-14)21-2)18-17(19)23-11-10-22-13-6-4-3-5-7-13;8-7(9)6-4-2-1-3-5-6/h3-9,12H,10-11H2,1-2H3,(H,18,19);1-5H,(H,8,9). The first kappa shape index (κ1) is 24.1. The summed E-state index contributed by atoms with van der Waals surface area (Å²) >= 11 is 0. The zero-order chi connectivity index (χ0) is 23.2. The van der Waals surface area contributed by atoms with Gasteiger partial charge in [-0.3, -0.25) is 5.32 Å². The van der Waals surface area contributed by atoms with Crippen LogP contribution in [0.15, 0.2) is 78.9 Å². The molecule has 0 aliphatic rings. The fourth-order valence-corrected chi connectivity index (χ4v) is 2.44. The normalized spacial score (nSPS) is 9.56. The summed E-state index contributed by atoms with van der Waals surface area (Å²) < 4.78 is 20.8. The monoisotopic (exact) mass is 439 g/mol. The van der Waals surface area contributed by atoms with Crippen LogP contribution in [0.4, 0.5) is 10.5 Å². The van der Waals surface area contributed by atoms with Gasteiger partial charge >= 0.3 is 12.1 Å². The summed E-state index contributed by atoms with van der Waals surface area (Å²) in [5.74, 6) is 0.975. The molecule has 0 aromatic heterocycles. The van der Waals surface area contributed by atoms with Crippen molar-refractivity contribution >= 4 is 17.7 Å². The molecule has 3 aromatic rings. The van der Waals surface area contributed by atoms with Crippen molar-refractivity contribution in [1.29, 1.82) is 0 Å². The largest absolute Gasteiger partial charge is 0.497 e. The molecule has 0 bridgehead atoms. The van der Waals surface area contributed by atoms with E-state index < -0.39 is 12.1 Å². The van der Waals surface area contributed by atoms with Crippen molar-refractivity contribution in [1.82, 2.24) is 0 Å². The number of anilines is 1. The van der Waals surface area contributed by atoms with Crippen LogP contribution in [0.1, 0.15) is 10.4 Å². The summed E-state index contributed by atoms with van der Waals surface area (Å²) in [4.78, 5) is 22.0. The third kappa shape index (κ3) is 8.27. The lowest BCUT2D eigenvalue weighted by Crippen LogP contribution is -2.18. The van der Waals surface area contributed by atoms with Gasteiger partial charge in [0.15, 0.2) is 0 Å². The first-order valence-corrected chi connectivity index (χ1v) is 9.65. The third-order valence-electron chi connectivity index (χ3n) is 3.99. The summed E-state index contributed by atoms with van der Waals surface area (Å²) in [7, 11) is 3.07. The van der Waals surface area contributed by atoms with Crippen LogP contribution in [0.2, 0.25) is 0 Å². The molecule has 3 rings (SSSR count). The van der Waals surface area contributed by atoms with E-state index in [1.165, 1.54) is 7.11 Å². The predicted molar refractivity (Wildman–Crippen MR) is 120 cm³/mol. The van der Waals surface area contributed by atoms with Gasteiger partial charge in [0.05, 0.1) is 25.5 Å². The number of para-hydroxylation sites is 1. The van der Waals surface area contributed by atoms with E-state index in [4.69, 9.17) is 24.1 Å². The number of methoxy groups -OCH3 is 2. The molecule has 8 heteroatoms. The number of hydrogen-bond acceptors (Lipinski definition) is 6. The van der Waals surface area contributed by atoms with E-state index in [1.807, 2.05) is 30.3 Å². The third-order valence-corrected chi connectivity index (χ3v) is 3.99. The highest BCUT2D eigenvalue weighted by Gasteiger charge is 2.09. The molecule has 8 nitrogen and oxygen atoms in total. The summed E-state index contributed by atoms with van der Waals surface area (Å²) in [6.45, 7) is 0.413. The lowest BCUT2D eigenvalue weighted by Gasteiger charge is -2.12. The molecule has 168 valence electrons. The number of carbonyl (C=O) groups is 2. The SMILES string of the molecule is COc1ccc(NC(=O)OCCOc2ccccc2)c(OC)c1.O=C(O)c1ccccc1. The minimum atomic E-state index is -0.879. The topological polar surface area (TPSA) is 103 Å². The summed E-state index contributed by atoms with van der Waals surface area (Å²) in [6, 6.07) is 22.7. The van der Waals surface area contributed by atoms with Crippen molar-refractivity contribution in [3.05, 3.63) is 84.4 Å². The minimum Gasteiger partial charge on any atom is -0.497 e. The second-order valence-corrected chi connectivity index (χ2v) is 6.16. The van der Waals surface area contributed by atoms with Crippen molar-refractivity contribution in [3.8, 4) is 17.2 Å². The molecule has 1 amide bonds. The average molecular weight is 439 g/mol. The smallest absolute Gasteiger partial charge is 0.411 e. The lowest BCUT2D eigenvalue weighted by atomic mass is 10.2. The molecular formula is C24H25NO7. The Morgan fingerprint density at radius 3 is 2.03 bits per heavy atom. The molecule has 32 heavy (non-hydrogen) atoms. The van der Waals surface area contributed by atoms with E-state index in [9.17, 15) is 9.59 Å². The molecule has 3 aromatic carbocycles. The van der Waals surface area contributed by atoms with Gasteiger partial charge in [0.2, 0.25) is 0 Å². The highest BCUT2D eigenvalue weighted by Crippen LogP contribution is 2.29. The lowest BCUT2D eigenvalue weighted by molar-refractivity contribution is 0.0697. The molecule has 0 aliphatic heterocycles. The molecule has 2 N–H and O–H groups in total. The van der Waals surface area contributed by atoms with Gasteiger partial charge < -0.3 is 24.1 Å². The molecule has 0 radical (unpaired) electrons. The van der Waals surface area contributed by atoms with Crippen molar-refractivity contribution in [2.24, 2.45) is 0 Å². The molecule has 0 spiro atoms. The number of amides is 1. The predicted octanol–water partition coefficient (Wildman–Crippen LogP) is 4.72. The van der Waals surface area contributed by atoms with Crippen LogP contribution in [-0.4, -0.2) is 44.6 Å². The first-order valence-electron chi connectivity index (χ1n) is 9.65. The highest BCUT2D eigenvalue weighted by molar-refractivity contribution is 5.87. The number of carbonyl (C=O) groups excluding carboxylic acids is 1. The van der Waals surface area contributed by atoms with Gasteiger partial charge in [0, 0.05) is 6.07 Å². The fourth-order valence-electron chi connectivity index (χ4n) is 2.44. The van der Waals surface area contributed by atoms with E-state index >= 15 is 0 Å². The number of hydrogen-bond donors (Lipinski definition) is 2. The molecule has 0 heterocycles. The first-order chi connectivity index (χ1) is 15.5. The van der Waals surface area contributed by atoms with Gasteiger partial charge in [0.25, 0.3) is 0 Å². The molecule has 0 aliphatic carbocycles. The van der Waals surface area contributed by atoms with Gasteiger partial charge in [-0.25, -0.2) is 9.59 Å². The fraction of sp³-hybridized carbons (Fsp3) is 0.167. The van der Waals surface area contributed by atoms with Crippen molar-refractivity contribution in [2.75, 3.05) is 32.8 Å². The second-order valence-electron chi connectivity index (χ2n) is 6.16. The van der Waals surface area contributed by atoms with E-state index in [1.54, 1.807) is 55.6 Å². The molecule has 0 fully saturated rings.